The molecule has 2 heterocycles. The number of hydrogen-bond acceptors (Lipinski definition) is 5. The molecule has 0 spiro atoms. The van der Waals surface area contributed by atoms with Crippen LogP contribution in [0.3, 0.4) is 0 Å². The number of anilines is 1. The molecule has 1 fully saturated rings. The van der Waals surface area contributed by atoms with E-state index in [0.29, 0.717) is 5.69 Å². The Morgan fingerprint density at radius 3 is 2.88 bits per heavy atom. The smallest absolute Gasteiger partial charge is 0.242 e. The van der Waals surface area contributed by atoms with E-state index in [9.17, 15) is 9.59 Å². The summed E-state index contributed by atoms with van der Waals surface area (Å²) >= 11 is 1.32. The number of nitrogens with two attached hydrogens (primary N) is 1. The van der Waals surface area contributed by atoms with Crippen LogP contribution in [0.2, 0.25) is 0 Å². The molecule has 0 bridgehead atoms. The molecule has 1 aromatic heterocycles. The van der Waals surface area contributed by atoms with Gasteiger partial charge in [0.15, 0.2) is 0 Å². The summed E-state index contributed by atoms with van der Waals surface area (Å²) in [6.45, 7) is 0. The van der Waals surface area contributed by atoms with Crippen molar-refractivity contribution in [2.24, 2.45) is 0 Å². The van der Waals surface area contributed by atoms with Crippen LogP contribution in [0.4, 0.5) is 5.69 Å². The second-order valence-corrected chi connectivity index (χ2v) is 4.76. The third-order valence-corrected chi connectivity index (χ3v) is 3.70. The minimum Gasteiger partial charge on any atom is -0.397 e. The fraction of sp³-hybridized carbons (Fsp3) is 0.300. The van der Waals surface area contributed by atoms with Crippen molar-refractivity contribution in [3.63, 3.8) is 0 Å². The van der Waals surface area contributed by atoms with E-state index in [1.807, 2.05) is 0 Å². The summed E-state index contributed by atoms with van der Waals surface area (Å²) in [5, 5.41) is -0.359. The van der Waals surface area contributed by atoms with Crippen LogP contribution in [-0.4, -0.2) is 34.0 Å². The van der Waals surface area contributed by atoms with Crippen LogP contribution in [0.1, 0.15) is 6.42 Å². The molecule has 6 heteroatoms. The third-order valence-electron chi connectivity index (χ3n) is 2.42. The van der Waals surface area contributed by atoms with Crippen LogP contribution in [0, 0.1) is 0 Å². The van der Waals surface area contributed by atoms with Crippen molar-refractivity contribution in [3.05, 3.63) is 18.5 Å². The molecule has 84 valence electrons. The first-order valence-electron chi connectivity index (χ1n) is 4.76. The lowest BCUT2D eigenvalue weighted by molar-refractivity contribution is -0.136. The van der Waals surface area contributed by atoms with Gasteiger partial charge in [0.05, 0.1) is 17.1 Å². The van der Waals surface area contributed by atoms with Gasteiger partial charge in [0.25, 0.3) is 0 Å². The molecule has 1 saturated heterocycles. The van der Waals surface area contributed by atoms with Gasteiger partial charge in [-0.25, -0.2) is 0 Å². The Balaban J connectivity index is 2.15. The summed E-state index contributed by atoms with van der Waals surface area (Å²) in [6.07, 6.45) is 3.39. The van der Waals surface area contributed by atoms with E-state index in [0.717, 1.165) is 9.80 Å². The molecule has 1 atom stereocenters. The molecular formula is C10H11N3O2S. The Hall–Kier alpha value is -1.56. The minimum atomic E-state index is -0.359. The number of aromatic nitrogens is 1. The van der Waals surface area contributed by atoms with Crippen molar-refractivity contribution in [2.75, 3.05) is 12.8 Å². The molecule has 2 rings (SSSR count). The Bertz CT molecular complexity index is 449. The van der Waals surface area contributed by atoms with Crippen molar-refractivity contribution in [2.45, 2.75) is 16.6 Å². The Morgan fingerprint density at radius 1 is 1.56 bits per heavy atom. The van der Waals surface area contributed by atoms with Crippen LogP contribution in [0.5, 0.6) is 0 Å². The van der Waals surface area contributed by atoms with Crippen LogP contribution < -0.4 is 5.73 Å². The van der Waals surface area contributed by atoms with Crippen molar-refractivity contribution in [1.29, 1.82) is 0 Å². The second kappa shape index (κ2) is 4.13. The van der Waals surface area contributed by atoms with Crippen LogP contribution in [0.15, 0.2) is 23.4 Å². The number of nitrogen functional groups attached to an aromatic ring is 1. The predicted molar refractivity (Wildman–Crippen MR) is 60.7 cm³/mol. The third kappa shape index (κ3) is 1.88. The lowest BCUT2D eigenvalue weighted by Crippen LogP contribution is -2.26. The number of likely N-dealkylation sites (tertiary alicyclic amines) is 1. The molecule has 16 heavy (non-hydrogen) atoms. The van der Waals surface area contributed by atoms with E-state index in [1.54, 1.807) is 12.3 Å². The van der Waals surface area contributed by atoms with Crippen LogP contribution >= 0.6 is 11.8 Å². The maximum atomic E-state index is 11.7. The minimum absolute atomic E-state index is 0.143. The second-order valence-electron chi connectivity index (χ2n) is 3.52. The van der Waals surface area contributed by atoms with E-state index < -0.39 is 0 Å². The molecule has 0 aliphatic carbocycles. The summed E-state index contributed by atoms with van der Waals surface area (Å²) in [7, 11) is 1.50. The number of thioether (sulfide) groups is 1. The van der Waals surface area contributed by atoms with E-state index in [2.05, 4.69) is 4.98 Å². The average Bonchev–Trinajstić information content (AvgIpc) is 2.50. The molecule has 1 aromatic rings. The SMILES string of the molecule is CN1C(=O)CC(Sc2ccncc2N)C1=O. The topological polar surface area (TPSA) is 76.3 Å². The normalized spacial score (nSPS) is 20.6. The maximum absolute atomic E-state index is 11.7. The summed E-state index contributed by atoms with van der Waals surface area (Å²) < 4.78 is 0. The molecule has 2 N–H and O–H groups in total. The predicted octanol–water partition coefficient (Wildman–Crippen LogP) is 0.513. The van der Waals surface area contributed by atoms with Gasteiger partial charge in [0.1, 0.15) is 0 Å². The van der Waals surface area contributed by atoms with E-state index in [4.69, 9.17) is 5.73 Å². The van der Waals surface area contributed by atoms with Gasteiger partial charge in [0, 0.05) is 24.6 Å². The number of amides is 2. The molecule has 0 radical (unpaired) electrons. The number of pyridine rings is 1. The van der Waals surface area contributed by atoms with Gasteiger partial charge in [0.2, 0.25) is 11.8 Å². The summed E-state index contributed by atoms with van der Waals surface area (Å²) in [6, 6.07) is 1.75. The van der Waals surface area contributed by atoms with E-state index >= 15 is 0 Å². The van der Waals surface area contributed by atoms with Crippen molar-refractivity contribution in [3.8, 4) is 0 Å². The number of carbonyl (C=O) groups excluding carboxylic acids is 2. The largest absolute Gasteiger partial charge is 0.397 e. The average molecular weight is 237 g/mol. The van der Waals surface area contributed by atoms with Crippen molar-refractivity contribution < 1.29 is 9.59 Å². The first-order chi connectivity index (χ1) is 7.59. The fourth-order valence-corrected chi connectivity index (χ4v) is 2.59. The highest BCUT2D eigenvalue weighted by atomic mass is 32.2. The molecule has 1 aliphatic heterocycles. The Kier molecular flexibility index (Phi) is 2.82. The standard InChI is InChI=1S/C10H11N3O2S/c1-13-9(14)4-8(10(13)15)16-7-2-3-12-5-6(7)11/h2-3,5,8H,4,11H2,1H3. The monoisotopic (exact) mass is 237 g/mol. The molecule has 1 unspecified atom stereocenters. The number of hydrogen-bond donors (Lipinski definition) is 1. The number of imide groups is 1. The van der Waals surface area contributed by atoms with E-state index in [1.165, 1.54) is 25.0 Å². The van der Waals surface area contributed by atoms with Gasteiger partial charge in [-0.15, -0.1) is 11.8 Å². The highest BCUT2D eigenvalue weighted by molar-refractivity contribution is 8.00. The van der Waals surface area contributed by atoms with Crippen molar-refractivity contribution in [1.82, 2.24) is 9.88 Å². The van der Waals surface area contributed by atoms with Gasteiger partial charge in [-0.2, -0.15) is 0 Å². The maximum Gasteiger partial charge on any atom is 0.242 e. The summed E-state index contributed by atoms with van der Waals surface area (Å²) in [5.74, 6) is -0.304. The fourth-order valence-electron chi connectivity index (χ4n) is 1.47. The van der Waals surface area contributed by atoms with Gasteiger partial charge in [-0.1, -0.05) is 0 Å². The molecule has 1 aliphatic rings. The zero-order valence-corrected chi connectivity index (χ0v) is 9.53. The highest BCUT2D eigenvalue weighted by Crippen LogP contribution is 2.33. The number of nitrogens with zero attached hydrogens (tertiary/aromatic N) is 2. The molecule has 5 nitrogen and oxygen atoms in total. The van der Waals surface area contributed by atoms with Crippen LogP contribution in [-0.2, 0) is 9.59 Å². The van der Waals surface area contributed by atoms with Crippen molar-refractivity contribution >= 4 is 29.3 Å². The zero-order chi connectivity index (χ0) is 11.7. The molecule has 2 amide bonds. The van der Waals surface area contributed by atoms with Gasteiger partial charge >= 0.3 is 0 Å². The summed E-state index contributed by atoms with van der Waals surface area (Å²) in [5.41, 5.74) is 6.25. The Morgan fingerprint density at radius 2 is 2.31 bits per heavy atom. The first-order valence-corrected chi connectivity index (χ1v) is 5.64. The lowest BCUT2D eigenvalue weighted by atomic mass is 10.3. The Labute approximate surface area is 97.0 Å². The quantitative estimate of drug-likeness (QED) is 0.758. The zero-order valence-electron chi connectivity index (χ0n) is 8.71. The van der Waals surface area contributed by atoms with Crippen LogP contribution in [0.25, 0.3) is 0 Å². The number of rotatable bonds is 2. The molecule has 0 saturated carbocycles. The van der Waals surface area contributed by atoms with Gasteiger partial charge in [-0.3, -0.25) is 19.5 Å². The lowest BCUT2D eigenvalue weighted by Gasteiger charge is -2.09. The molecular weight excluding hydrogens is 226 g/mol. The van der Waals surface area contributed by atoms with E-state index in [-0.39, 0.29) is 23.5 Å². The molecule has 0 aromatic carbocycles. The first kappa shape index (κ1) is 10.9. The highest BCUT2D eigenvalue weighted by Gasteiger charge is 2.36. The van der Waals surface area contributed by atoms with Gasteiger partial charge < -0.3 is 5.73 Å². The van der Waals surface area contributed by atoms with Gasteiger partial charge in [-0.05, 0) is 6.07 Å². The summed E-state index contributed by atoms with van der Waals surface area (Å²) in [4.78, 5) is 28.8. The number of carbonyl (C=O) groups is 2.